The van der Waals surface area contributed by atoms with Gasteiger partial charge in [0.25, 0.3) is 0 Å². The van der Waals surface area contributed by atoms with E-state index >= 15 is 0 Å². The fourth-order valence-corrected chi connectivity index (χ4v) is 3.63. The van der Waals surface area contributed by atoms with E-state index in [1.165, 1.54) is 11.3 Å². The highest BCUT2D eigenvalue weighted by molar-refractivity contribution is 7.13. The van der Waals surface area contributed by atoms with Crippen molar-refractivity contribution in [2.24, 2.45) is 5.92 Å². The molecule has 2 aromatic heterocycles. The number of likely N-dealkylation sites (tertiary alicyclic amines) is 1. The van der Waals surface area contributed by atoms with Crippen LogP contribution in [-0.2, 0) is 16.0 Å². The average Bonchev–Trinajstić information content (AvgIpc) is 3.13. The molecular weight excluding hydrogens is 312 g/mol. The number of anilines is 1. The van der Waals surface area contributed by atoms with E-state index in [0.717, 1.165) is 17.7 Å². The molecule has 2 amide bonds. The minimum atomic E-state index is -0.439. The summed E-state index contributed by atoms with van der Waals surface area (Å²) in [7, 11) is 1.73. The van der Waals surface area contributed by atoms with Gasteiger partial charge in [-0.15, -0.1) is 11.3 Å². The van der Waals surface area contributed by atoms with Crippen LogP contribution >= 0.6 is 11.3 Å². The van der Waals surface area contributed by atoms with Crippen molar-refractivity contribution in [1.29, 1.82) is 0 Å². The van der Waals surface area contributed by atoms with Gasteiger partial charge in [-0.2, -0.15) is 0 Å². The summed E-state index contributed by atoms with van der Waals surface area (Å²) in [6, 6.07) is 3.42. The van der Waals surface area contributed by atoms with Crippen molar-refractivity contribution in [3.8, 4) is 0 Å². The smallest absolute Gasteiger partial charge is 0.232 e. The Balaban J connectivity index is 1.81. The third-order valence-corrected chi connectivity index (χ3v) is 4.90. The summed E-state index contributed by atoms with van der Waals surface area (Å²) in [6.45, 7) is 2.02. The zero-order valence-corrected chi connectivity index (χ0v) is 13.8. The summed E-state index contributed by atoms with van der Waals surface area (Å²) >= 11 is 1.41. The molecule has 3 rings (SSSR count). The highest BCUT2D eigenvalue weighted by Crippen LogP contribution is 2.37. The zero-order chi connectivity index (χ0) is 16.4. The Morgan fingerprint density at radius 3 is 3.00 bits per heavy atom. The van der Waals surface area contributed by atoms with Gasteiger partial charge in [0.2, 0.25) is 11.8 Å². The van der Waals surface area contributed by atoms with Gasteiger partial charge < -0.3 is 10.2 Å². The van der Waals surface area contributed by atoms with E-state index in [-0.39, 0.29) is 24.3 Å². The van der Waals surface area contributed by atoms with E-state index in [9.17, 15) is 9.59 Å². The molecule has 0 spiro atoms. The molecule has 1 N–H and O–H groups in total. The number of hydrogen-bond donors (Lipinski definition) is 1. The summed E-state index contributed by atoms with van der Waals surface area (Å²) in [5.74, 6) is -0.647. The van der Waals surface area contributed by atoms with Crippen molar-refractivity contribution >= 4 is 28.3 Å². The summed E-state index contributed by atoms with van der Waals surface area (Å²) in [4.78, 5) is 34.8. The van der Waals surface area contributed by atoms with Crippen LogP contribution in [0.3, 0.4) is 0 Å². The minimum absolute atomic E-state index is 0.0348. The molecule has 23 heavy (non-hydrogen) atoms. The number of pyridine rings is 1. The molecule has 1 fully saturated rings. The van der Waals surface area contributed by atoms with Crippen molar-refractivity contribution in [2.75, 3.05) is 12.4 Å². The normalized spacial score (nSPS) is 20.8. The number of carbonyl (C=O) groups is 2. The van der Waals surface area contributed by atoms with Crippen LogP contribution in [0.2, 0.25) is 0 Å². The number of aryl methyl sites for hydroxylation is 1. The largest absolute Gasteiger partial charge is 0.338 e. The van der Waals surface area contributed by atoms with Crippen LogP contribution < -0.4 is 5.32 Å². The van der Waals surface area contributed by atoms with Crippen LogP contribution in [0, 0.1) is 5.92 Å². The van der Waals surface area contributed by atoms with Crippen molar-refractivity contribution in [2.45, 2.75) is 25.8 Å². The van der Waals surface area contributed by atoms with Crippen LogP contribution in [0.5, 0.6) is 0 Å². The van der Waals surface area contributed by atoms with Crippen molar-refractivity contribution < 1.29 is 9.59 Å². The van der Waals surface area contributed by atoms with E-state index in [0.29, 0.717) is 5.13 Å². The molecule has 0 radical (unpaired) electrons. The highest BCUT2D eigenvalue weighted by atomic mass is 32.1. The summed E-state index contributed by atoms with van der Waals surface area (Å²) in [6.07, 6.45) is 4.42. The molecule has 1 saturated heterocycles. The predicted octanol–water partition coefficient (Wildman–Crippen LogP) is 2.26. The van der Waals surface area contributed by atoms with Gasteiger partial charge in [0, 0.05) is 31.2 Å². The second kappa shape index (κ2) is 6.45. The van der Waals surface area contributed by atoms with Gasteiger partial charge in [-0.05, 0) is 18.1 Å². The monoisotopic (exact) mass is 330 g/mol. The van der Waals surface area contributed by atoms with Crippen LogP contribution in [0.1, 0.15) is 30.6 Å². The van der Waals surface area contributed by atoms with E-state index in [1.807, 2.05) is 24.4 Å². The Morgan fingerprint density at radius 1 is 1.52 bits per heavy atom. The lowest BCUT2D eigenvalue weighted by Gasteiger charge is -2.24. The molecule has 2 atom stereocenters. The van der Waals surface area contributed by atoms with Gasteiger partial charge in [-0.3, -0.25) is 14.6 Å². The molecule has 6 nitrogen and oxygen atoms in total. The number of rotatable bonds is 4. The van der Waals surface area contributed by atoms with Crippen molar-refractivity contribution in [3.05, 3.63) is 41.2 Å². The molecule has 1 aliphatic heterocycles. The second-order valence-corrected chi connectivity index (χ2v) is 6.39. The molecule has 0 aromatic carbocycles. The number of carbonyl (C=O) groups excluding carboxylic acids is 2. The minimum Gasteiger partial charge on any atom is -0.338 e. The molecular formula is C16H18N4O2S. The lowest BCUT2D eigenvalue weighted by Crippen LogP contribution is -2.30. The number of thiazole rings is 1. The summed E-state index contributed by atoms with van der Waals surface area (Å²) in [5.41, 5.74) is 1.82. The number of aromatic nitrogens is 2. The SMILES string of the molecule is CCc1csc(NC(=O)C2CC(=O)N(C)C2c2cccnc2)n1. The van der Waals surface area contributed by atoms with E-state index < -0.39 is 5.92 Å². The Kier molecular flexibility index (Phi) is 4.38. The van der Waals surface area contributed by atoms with Gasteiger partial charge in [0.1, 0.15) is 0 Å². The molecule has 0 aliphatic carbocycles. The maximum Gasteiger partial charge on any atom is 0.232 e. The topological polar surface area (TPSA) is 75.2 Å². The first kappa shape index (κ1) is 15.6. The predicted molar refractivity (Wildman–Crippen MR) is 88.0 cm³/mol. The van der Waals surface area contributed by atoms with E-state index in [1.54, 1.807) is 24.3 Å². The fourth-order valence-electron chi connectivity index (χ4n) is 2.84. The summed E-state index contributed by atoms with van der Waals surface area (Å²) < 4.78 is 0. The van der Waals surface area contributed by atoms with Crippen LogP contribution in [0.25, 0.3) is 0 Å². The number of nitrogens with zero attached hydrogens (tertiary/aromatic N) is 3. The van der Waals surface area contributed by atoms with Gasteiger partial charge in [-0.25, -0.2) is 4.98 Å². The zero-order valence-electron chi connectivity index (χ0n) is 13.0. The standard InChI is InChI=1S/C16H18N4O2S/c1-3-11-9-23-16(18-11)19-15(22)12-7-13(21)20(2)14(12)10-5-4-6-17-8-10/h4-6,8-9,12,14H,3,7H2,1-2H3,(H,18,19,22). The van der Waals surface area contributed by atoms with Gasteiger partial charge in [-0.1, -0.05) is 13.0 Å². The molecule has 0 bridgehead atoms. The third kappa shape index (κ3) is 3.10. The fraction of sp³-hybridized carbons (Fsp3) is 0.375. The van der Waals surface area contributed by atoms with Crippen LogP contribution in [0.4, 0.5) is 5.13 Å². The van der Waals surface area contributed by atoms with Gasteiger partial charge >= 0.3 is 0 Å². The highest BCUT2D eigenvalue weighted by Gasteiger charge is 2.42. The van der Waals surface area contributed by atoms with Gasteiger partial charge in [0.15, 0.2) is 5.13 Å². The van der Waals surface area contributed by atoms with Crippen molar-refractivity contribution in [3.63, 3.8) is 0 Å². The van der Waals surface area contributed by atoms with Gasteiger partial charge in [0.05, 0.1) is 17.7 Å². The lowest BCUT2D eigenvalue weighted by molar-refractivity contribution is -0.127. The lowest BCUT2D eigenvalue weighted by atomic mass is 9.94. The maximum atomic E-state index is 12.6. The first-order chi connectivity index (χ1) is 11.1. The van der Waals surface area contributed by atoms with E-state index in [4.69, 9.17) is 0 Å². The van der Waals surface area contributed by atoms with Crippen molar-refractivity contribution in [1.82, 2.24) is 14.9 Å². The second-order valence-electron chi connectivity index (χ2n) is 5.53. The Labute approximate surface area is 138 Å². The molecule has 2 unspecified atom stereocenters. The Hall–Kier alpha value is -2.28. The Bertz CT molecular complexity index is 716. The molecule has 7 heteroatoms. The quantitative estimate of drug-likeness (QED) is 0.933. The number of hydrogen-bond acceptors (Lipinski definition) is 5. The molecule has 1 aliphatic rings. The number of amides is 2. The molecule has 120 valence electrons. The molecule has 0 saturated carbocycles. The first-order valence-electron chi connectivity index (χ1n) is 7.51. The molecule has 3 heterocycles. The maximum absolute atomic E-state index is 12.6. The van der Waals surface area contributed by atoms with Crippen LogP contribution in [0.15, 0.2) is 29.9 Å². The third-order valence-electron chi connectivity index (χ3n) is 4.09. The summed E-state index contributed by atoms with van der Waals surface area (Å²) in [5, 5.41) is 5.36. The first-order valence-corrected chi connectivity index (χ1v) is 8.39. The van der Waals surface area contributed by atoms with E-state index in [2.05, 4.69) is 15.3 Å². The number of nitrogens with one attached hydrogen (secondary N) is 1. The van der Waals surface area contributed by atoms with Crippen LogP contribution in [-0.4, -0.2) is 33.7 Å². The average molecular weight is 330 g/mol. The molecule has 2 aromatic rings. The Morgan fingerprint density at radius 2 is 2.35 bits per heavy atom.